The van der Waals surface area contributed by atoms with Gasteiger partial charge in [0.1, 0.15) is 0 Å². The summed E-state index contributed by atoms with van der Waals surface area (Å²) in [5, 5.41) is 3.44. The SMILES string of the molecule is Cc1cccc([C@H](CC(C)C)N2CCNCC2)c1.Cl.Cl. The highest BCUT2D eigenvalue weighted by atomic mass is 35.5. The summed E-state index contributed by atoms with van der Waals surface area (Å²) in [6, 6.07) is 9.62. The second kappa shape index (κ2) is 9.62. The first kappa shape index (κ1) is 19.7. The monoisotopic (exact) mass is 318 g/mol. The van der Waals surface area contributed by atoms with Crippen molar-refractivity contribution in [3.63, 3.8) is 0 Å². The highest BCUT2D eigenvalue weighted by Crippen LogP contribution is 2.28. The quantitative estimate of drug-likeness (QED) is 0.907. The van der Waals surface area contributed by atoms with Crippen molar-refractivity contribution in [2.75, 3.05) is 26.2 Å². The summed E-state index contributed by atoms with van der Waals surface area (Å²) < 4.78 is 0. The number of nitrogens with one attached hydrogen (secondary N) is 1. The predicted octanol–water partition coefficient (Wildman–Crippen LogP) is 3.83. The van der Waals surface area contributed by atoms with Gasteiger partial charge < -0.3 is 5.32 Å². The van der Waals surface area contributed by atoms with E-state index in [2.05, 4.69) is 55.3 Å². The van der Waals surface area contributed by atoms with Gasteiger partial charge in [0.15, 0.2) is 0 Å². The zero-order valence-electron chi connectivity index (χ0n) is 12.8. The van der Waals surface area contributed by atoms with E-state index in [0.717, 1.165) is 19.0 Å². The number of piperazine rings is 1. The molecule has 0 amide bonds. The van der Waals surface area contributed by atoms with E-state index in [1.807, 2.05) is 0 Å². The molecule has 0 aliphatic carbocycles. The number of benzene rings is 1. The molecule has 1 saturated heterocycles. The van der Waals surface area contributed by atoms with Gasteiger partial charge in [-0.15, -0.1) is 24.8 Å². The molecule has 0 saturated carbocycles. The number of hydrogen-bond acceptors (Lipinski definition) is 2. The molecule has 0 unspecified atom stereocenters. The van der Waals surface area contributed by atoms with Crippen LogP contribution in [-0.4, -0.2) is 31.1 Å². The summed E-state index contributed by atoms with van der Waals surface area (Å²) in [6.07, 6.45) is 1.25. The van der Waals surface area contributed by atoms with E-state index in [1.165, 1.54) is 30.6 Å². The number of rotatable bonds is 4. The van der Waals surface area contributed by atoms with Gasteiger partial charge in [-0.3, -0.25) is 4.90 Å². The van der Waals surface area contributed by atoms with Gasteiger partial charge in [0, 0.05) is 32.2 Å². The normalized spacial score (nSPS) is 17.2. The summed E-state index contributed by atoms with van der Waals surface area (Å²) in [5.74, 6) is 0.741. The molecule has 4 heteroatoms. The van der Waals surface area contributed by atoms with Crippen LogP contribution in [0.1, 0.15) is 37.4 Å². The second-order valence-electron chi connectivity index (χ2n) is 5.85. The molecule has 1 aliphatic heterocycles. The van der Waals surface area contributed by atoms with Crippen molar-refractivity contribution in [1.29, 1.82) is 0 Å². The molecule has 116 valence electrons. The van der Waals surface area contributed by atoms with Crippen molar-refractivity contribution in [2.45, 2.75) is 33.2 Å². The Morgan fingerprint density at radius 1 is 1.15 bits per heavy atom. The van der Waals surface area contributed by atoms with Crippen molar-refractivity contribution < 1.29 is 0 Å². The van der Waals surface area contributed by atoms with Crippen LogP contribution in [0.25, 0.3) is 0 Å². The molecule has 1 atom stereocenters. The molecule has 0 aromatic heterocycles. The van der Waals surface area contributed by atoms with Crippen LogP contribution in [0.4, 0.5) is 0 Å². The molecule has 0 spiro atoms. The largest absolute Gasteiger partial charge is 0.314 e. The highest BCUT2D eigenvalue weighted by molar-refractivity contribution is 5.85. The third-order valence-electron chi connectivity index (χ3n) is 3.71. The van der Waals surface area contributed by atoms with E-state index in [9.17, 15) is 0 Å². The Morgan fingerprint density at radius 2 is 1.80 bits per heavy atom. The van der Waals surface area contributed by atoms with Crippen molar-refractivity contribution in [1.82, 2.24) is 10.2 Å². The molecule has 1 heterocycles. The molecular formula is C16H28Cl2N2. The van der Waals surface area contributed by atoms with Gasteiger partial charge in [-0.05, 0) is 24.8 Å². The van der Waals surface area contributed by atoms with E-state index in [1.54, 1.807) is 0 Å². The molecule has 0 radical (unpaired) electrons. The third kappa shape index (κ3) is 5.61. The van der Waals surface area contributed by atoms with E-state index in [4.69, 9.17) is 0 Å². The predicted molar refractivity (Wildman–Crippen MR) is 92.3 cm³/mol. The molecule has 1 fully saturated rings. The summed E-state index contributed by atoms with van der Waals surface area (Å²) in [6.45, 7) is 11.4. The summed E-state index contributed by atoms with van der Waals surface area (Å²) in [7, 11) is 0. The zero-order chi connectivity index (χ0) is 13.0. The first-order valence-corrected chi connectivity index (χ1v) is 7.18. The summed E-state index contributed by atoms with van der Waals surface area (Å²) in [4.78, 5) is 2.64. The fourth-order valence-electron chi connectivity index (χ4n) is 2.81. The van der Waals surface area contributed by atoms with Crippen LogP contribution < -0.4 is 5.32 Å². The lowest BCUT2D eigenvalue weighted by atomic mass is 9.94. The Hall–Kier alpha value is -0.280. The summed E-state index contributed by atoms with van der Waals surface area (Å²) in [5.41, 5.74) is 2.86. The van der Waals surface area contributed by atoms with Gasteiger partial charge >= 0.3 is 0 Å². The Labute approximate surface area is 136 Å². The van der Waals surface area contributed by atoms with Crippen LogP contribution in [0, 0.1) is 12.8 Å². The molecule has 1 N–H and O–H groups in total. The lowest BCUT2D eigenvalue weighted by molar-refractivity contribution is 0.154. The van der Waals surface area contributed by atoms with E-state index >= 15 is 0 Å². The average molecular weight is 319 g/mol. The van der Waals surface area contributed by atoms with Crippen molar-refractivity contribution in [2.24, 2.45) is 5.92 Å². The molecule has 2 nitrogen and oxygen atoms in total. The van der Waals surface area contributed by atoms with Crippen LogP contribution in [0.3, 0.4) is 0 Å². The van der Waals surface area contributed by atoms with E-state index in [-0.39, 0.29) is 24.8 Å². The Kier molecular flexibility index (Phi) is 9.48. The topological polar surface area (TPSA) is 15.3 Å². The molecule has 0 bridgehead atoms. The standard InChI is InChI=1S/C16H26N2.2ClH/c1-13(2)11-16(18-9-7-17-8-10-18)15-6-4-5-14(3)12-15;;/h4-6,12-13,16-17H,7-11H2,1-3H3;2*1H/t16-;;/m0../s1. The molecule has 1 aromatic rings. The van der Waals surface area contributed by atoms with E-state index < -0.39 is 0 Å². The van der Waals surface area contributed by atoms with Crippen LogP contribution >= 0.6 is 24.8 Å². The zero-order valence-corrected chi connectivity index (χ0v) is 14.4. The lowest BCUT2D eigenvalue weighted by Crippen LogP contribution is -2.45. The smallest absolute Gasteiger partial charge is 0.0351 e. The van der Waals surface area contributed by atoms with Crippen LogP contribution in [0.2, 0.25) is 0 Å². The van der Waals surface area contributed by atoms with Crippen molar-refractivity contribution in [3.8, 4) is 0 Å². The third-order valence-corrected chi connectivity index (χ3v) is 3.71. The number of aryl methyl sites for hydroxylation is 1. The van der Waals surface area contributed by atoms with Gasteiger partial charge in [0.2, 0.25) is 0 Å². The molecule has 20 heavy (non-hydrogen) atoms. The van der Waals surface area contributed by atoms with Crippen LogP contribution in [-0.2, 0) is 0 Å². The van der Waals surface area contributed by atoms with Crippen molar-refractivity contribution >= 4 is 24.8 Å². The second-order valence-corrected chi connectivity index (χ2v) is 5.85. The first-order chi connectivity index (χ1) is 8.66. The molecule has 1 aliphatic rings. The van der Waals surface area contributed by atoms with E-state index in [0.29, 0.717) is 6.04 Å². The molecule has 1 aromatic carbocycles. The average Bonchev–Trinajstić information content (AvgIpc) is 2.37. The maximum atomic E-state index is 3.44. The van der Waals surface area contributed by atoms with Gasteiger partial charge in [0.05, 0.1) is 0 Å². The van der Waals surface area contributed by atoms with Crippen LogP contribution in [0.5, 0.6) is 0 Å². The maximum absolute atomic E-state index is 3.44. The number of nitrogens with zero attached hydrogens (tertiary/aromatic N) is 1. The molecule has 2 rings (SSSR count). The van der Waals surface area contributed by atoms with Crippen molar-refractivity contribution in [3.05, 3.63) is 35.4 Å². The Morgan fingerprint density at radius 3 is 2.35 bits per heavy atom. The number of halogens is 2. The van der Waals surface area contributed by atoms with Gasteiger partial charge in [0.25, 0.3) is 0 Å². The fourth-order valence-corrected chi connectivity index (χ4v) is 2.81. The molecular weight excluding hydrogens is 291 g/mol. The minimum atomic E-state index is 0. The lowest BCUT2D eigenvalue weighted by Gasteiger charge is -2.36. The Balaban J connectivity index is 0.00000180. The van der Waals surface area contributed by atoms with Gasteiger partial charge in [-0.1, -0.05) is 43.7 Å². The van der Waals surface area contributed by atoms with Gasteiger partial charge in [-0.25, -0.2) is 0 Å². The fraction of sp³-hybridized carbons (Fsp3) is 0.625. The van der Waals surface area contributed by atoms with Crippen LogP contribution in [0.15, 0.2) is 24.3 Å². The minimum Gasteiger partial charge on any atom is -0.314 e. The summed E-state index contributed by atoms with van der Waals surface area (Å²) >= 11 is 0. The highest BCUT2D eigenvalue weighted by Gasteiger charge is 2.22. The maximum Gasteiger partial charge on any atom is 0.0351 e. The Bertz CT molecular complexity index is 376. The minimum absolute atomic E-state index is 0. The number of hydrogen-bond donors (Lipinski definition) is 1. The van der Waals surface area contributed by atoms with Gasteiger partial charge in [-0.2, -0.15) is 0 Å². The first-order valence-electron chi connectivity index (χ1n) is 7.18.